The first-order chi connectivity index (χ1) is 10.1. The standard InChI is InChI=1S/C15H24N2O3S/c1-3-11-20-13-7-6-10-17(12-13)21(18,19)15-9-5-4-8-14(15)16-2/h4-5,8-9,13,16H,3,6-7,10-12H2,1-2H3. The summed E-state index contributed by atoms with van der Waals surface area (Å²) in [7, 11) is -1.74. The Balaban J connectivity index is 2.18. The molecule has 1 fully saturated rings. The number of rotatable bonds is 6. The minimum Gasteiger partial charge on any atom is -0.387 e. The number of para-hydroxylation sites is 1. The normalized spacial score (nSPS) is 20.4. The molecule has 0 bridgehead atoms. The molecule has 1 unspecified atom stereocenters. The van der Waals surface area contributed by atoms with Gasteiger partial charge >= 0.3 is 0 Å². The van der Waals surface area contributed by atoms with Crippen molar-refractivity contribution in [2.24, 2.45) is 0 Å². The smallest absolute Gasteiger partial charge is 0.245 e. The summed E-state index contributed by atoms with van der Waals surface area (Å²) >= 11 is 0. The fraction of sp³-hybridized carbons (Fsp3) is 0.600. The average Bonchev–Trinajstić information content (AvgIpc) is 2.53. The highest BCUT2D eigenvalue weighted by Crippen LogP contribution is 2.27. The van der Waals surface area contributed by atoms with E-state index in [4.69, 9.17) is 4.74 Å². The van der Waals surface area contributed by atoms with Crippen molar-refractivity contribution in [2.75, 3.05) is 32.1 Å². The largest absolute Gasteiger partial charge is 0.387 e. The lowest BCUT2D eigenvalue weighted by Gasteiger charge is -2.32. The molecule has 0 aliphatic carbocycles. The molecule has 0 radical (unpaired) electrons. The van der Waals surface area contributed by atoms with Gasteiger partial charge in [0, 0.05) is 26.7 Å². The van der Waals surface area contributed by atoms with Crippen LogP contribution in [0.3, 0.4) is 0 Å². The molecule has 1 atom stereocenters. The molecule has 21 heavy (non-hydrogen) atoms. The van der Waals surface area contributed by atoms with Gasteiger partial charge in [-0.15, -0.1) is 0 Å². The van der Waals surface area contributed by atoms with Crippen molar-refractivity contribution in [3.05, 3.63) is 24.3 Å². The molecule has 6 heteroatoms. The summed E-state index contributed by atoms with van der Waals surface area (Å²) in [6.07, 6.45) is 2.73. The van der Waals surface area contributed by atoms with Crippen LogP contribution < -0.4 is 5.32 Å². The Kier molecular flexibility index (Phi) is 5.61. The van der Waals surface area contributed by atoms with E-state index in [1.54, 1.807) is 29.6 Å². The van der Waals surface area contributed by atoms with Gasteiger partial charge in [-0.2, -0.15) is 4.31 Å². The van der Waals surface area contributed by atoms with E-state index in [2.05, 4.69) is 12.2 Å². The van der Waals surface area contributed by atoms with Crippen LogP contribution in [-0.2, 0) is 14.8 Å². The number of hydrogen-bond acceptors (Lipinski definition) is 4. The molecule has 118 valence electrons. The van der Waals surface area contributed by atoms with E-state index < -0.39 is 10.0 Å². The minimum atomic E-state index is -3.47. The SMILES string of the molecule is CCCOC1CCCN(S(=O)(=O)c2ccccc2NC)C1. The number of piperidine rings is 1. The van der Waals surface area contributed by atoms with Crippen molar-refractivity contribution in [3.63, 3.8) is 0 Å². The van der Waals surface area contributed by atoms with Gasteiger partial charge in [-0.25, -0.2) is 8.42 Å². The number of sulfonamides is 1. The summed E-state index contributed by atoms with van der Waals surface area (Å²) < 4.78 is 32.9. The summed E-state index contributed by atoms with van der Waals surface area (Å²) in [5, 5.41) is 2.95. The summed E-state index contributed by atoms with van der Waals surface area (Å²) in [6.45, 7) is 3.75. The van der Waals surface area contributed by atoms with Crippen LogP contribution in [0.5, 0.6) is 0 Å². The lowest BCUT2D eigenvalue weighted by molar-refractivity contribution is 0.0193. The fourth-order valence-electron chi connectivity index (χ4n) is 2.58. The Morgan fingerprint density at radius 1 is 1.38 bits per heavy atom. The van der Waals surface area contributed by atoms with Crippen LogP contribution in [0, 0.1) is 0 Å². The van der Waals surface area contributed by atoms with E-state index in [1.807, 2.05) is 6.07 Å². The van der Waals surface area contributed by atoms with E-state index >= 15 is 0 Å². The molecule has 1 aliphatic rings. The monoisotopic (exact) mass is 312 g/mol. The second-order valence-electron chi connectivity index (χ2n) is 5.24. The first kappa shape index (κ1) is 16.3. The molecule has 0 aromatic heterocycles. The van der Waals surface area contributed by atoms with E-state index in [-0.39, 0.29) is 6.10 Å². The predicted molar refractivity (Wildman–Crippen MR) is 84.0 cm³/mol. The summed E-state index contributed by atoms with van der Waals surface area (Å²) in [6, 6.07) is 7.01. The van der Waals surface area contributed by atoms with Crippen LogP contribution in [-0.4, -0.2) is 45.6 Å². The van der Waals surface area contributed by atoms with E-state index in [1.165, 1.54) is 0 Å². The van der Waals surface area contributed by atoms with Gasteiger partial charge in [0.05, 0.1) is 11.8 Å². The second kappa shape index (κ2) is 7.24. The Morgan fingerprint density at radius 2 is 2.14 bits per heavy atom. The topological polar surface area (TPSA) is 58.6 Å². The third-order valence-electron chi connectivity index (χ3n) is 3.67. The quantitative estimate of drug-likeness (QED) is 0.876. The number of ether oxygens (including phenoxy) is 1. The first-order valence-electron chi connectivity index (χ1n) is 7.48. The van der Waals surface area contributed by atoms with Gasteiger partial charge in [0.1, 0.15) is 4.90 Å². The van der Waals surface area contributed by atoms with Gasteiger partial charge in [-0.05, 0) is 31.4 Å². The molecule has 2 rings (SSSR count). The molecule has 0 spiro atoms. The van der Waals surface area contributed by atoms with Crippen LogP contribution in [0.25, 0.3) is 0 Å². The summed E-state index contributed by atoms with van der Waals surface area (Å²) in [4.78, 5) is 0.337. The summed E-state index contributed by atoms with van der Waals surface area (Å²) in [5.74, 6) is 0. The number of nitrogens with zero attached hydrogens (tertiary/aromatic N) is 1. The number of nitrogens with one attached hydrogen (secondary N) is 1. The highest BCUT2D eigenvalue weighted by atomic mass is 32.2. The molecule has 0 saturated carbocycles. The zero-order chi connectivity index (χ0) is 15.3. The molecule has 1 aliphatic heterocycles. The van der Waals surface area contributed by atoms with Crippen molar-refractivity contribution in [1.29, 1.82) is 0 Å². The predicted octanol–water partition coefficient (Wildman–Crippen LogP) is 2.31. The third-order valence-corrected chi connectivity index (χ3v) is 5.60. The molecular formula is C15H24N2O3S. The number of anilines is 1. The lowest BCUT2D eigenvalue weighted by Crippen LogP contribution is -2.43. The van der Waals surface area contributed by atoms with Crippen LogP contribution in [0.2, 0.25) is 0 Å². The highest BCUT2D eigenvalue weighted by molar-refractivity contribution is 7.89. The number of benzene rings is 1. The highest BCUT2D eigenvalue weighted by Gasteiger charge is 2.31. The van der Waals surface area contributed by atoms with E-state index in [0.29, 0.717) is 30.3 Å². The molecule has 1 saturated heterocycles. The molecule has 1 N–H and O–H groups in total. The Bertz CT molecular complexity index is 560. The second-order valence-corrected chi connectivity index (χ2v) is 7.15. The maximum Gasteiger partial charge on any atom is 0.245 e. The van der Waals surface area contributed by atoms with Gasteiger partial charge in [0.2, 0.25) is 10.0 Å². The minimum absolute atomic E-state index is 0.00947. The summed E-state index contributed by atoms with van der Waals surface area (Å²) in [5.41, 5.74) is 0.633. The molecule has 0 amide bonds. The van der Waals surface area contributed by atoms with Gasteiger partial charge in [-0.1, -0.05) is 19.1 Å². The Hall–Kier alpha value is -1.11. The van der Waals surface area contributed by atoms with E-state index in [9.17, 15) is 8.42 Å². The lowest BCUT2D eigenvalue weighted by atomic mass is 10.1. The maximum atomic E-state index is 12.8. The van der Waals surface area contributed by atoms with Gasteiger partial charge in [-0.3, -0.25) is 0 Å². The van der Waals surface area contributed by atoms with Crippen LogP contribution in [0.1, 0.15) is 26.2 Å². The molecule has 1 heterocycles. The zero-order valence-electron chi connectivity index (χ0n) is 12.7. The van der Waals surface area contributed by atoms with Crippen LogP contribution in [0.4, 0.5) is 5.69 Å². The van der Waals surface area contributed by atoms with Crippen molar-refractivity contribution in [3.8, 4) is 0 Å². The van der Waals surface area contributed by atoms with Gasteiger partial charge in [0.15, 0.2) is 0 Å². The molecular weight excluding hydrogens is 288 g/mol. The Labute approximate surface area is 127 Å². The van der Waals surface area contributed by atoms with Crippen molar-refractivity contribution >= 4 is 15.7 Å². The number of hydrogen-bond donors (Lipinski definition) is 1. The van der Waals surface area contributed by atoms with Crippen molar-refractivity contribution in [2.45, 2.75) is 37.2 Å². The van der Waals surface area contributed by atoms with Crippen molar-refractivity contribution in [1.82, 2.24) is 4.31 Å². The maximum absolute atomic E-state index is 12.8. The van der Waals surface area contributed by atoms with Gasteiger partial charge < -0.3 is 10.1 Å². The van der Waals surface area contributed by atoms with Gasteiger partial charge in [0.25, 0.3) is 0 Å². The molecule has 1 aromatic carbocycles. The Morgan fingerprint density at radius 3 is 2.86 bits per heavy atom. The third kappa shape index (κ3) is 3.75. The first-order valence-corrected chi connectivity index (χ1v) is 8.92. The van der Waals surface area contributed by atoms with E-state index in [0.717, 1.165) is 19.3 Å². The van der Waals surface area contributed by atoms with Crippen LogP contribution >= 0.6 is 0 Å². The molecule has 1 aromatic rings. The average molecular weight is 312 g/mol. The molecule has 5 nitrogen and oxygen atoms in total. The van der Waals surface area contributed by atoms with Crippen LogP contribution in [0.15, 0.2) is 29.2 Å². The van der Waals surface area contributed by atoms with Crippen molar-refractivity contribution < 1.29 is 13.2 Å². The fourth-order valence-corrected chi connectivity index (χ4v) is 4.29. The zero-order valence-corrected chi connectivity index (χ0v) is 13.5.